The lowest BCUT2D eigenvalue weighted by molar-refractivity contribution is 0.102. The normalized spacial score (nSPS) is 10.4. The molecule has 0 spiro atoms. The molecule has 1 aromatic heterocycles. The summed E-state index contributed by atoms with van der Waals surface area (Å²) in [6.45, 7) is 1.96. The summed E-state index contributed by atoms with van der Waals surface area (Å²) in [7, 11) is 0. The van der Waals surface area contributed by atoms with Crippen molar-refractivity contribution in [3.8, 4) is 0 Å². The molecule has 0 aliphatic rings. The first-order valence-corrected chi connectivity index (χ1v) is 7.46. The van der Waals surface area contributed by atoms with Crippen LogP contribution >= 0.6 is 0 Å². The highest BCUT2D eigenvalue weighted by atomic mass is 19.2. The maximum Gasteiger partial charge on any atom is 0.276 e. The molecule has 0 fully saturated rings. The molecule has 0 aliphatic carbocycles. The van der Waals surface area contributed by atoms with Crippen LogP contribution in [0.2, 0.25) is 0 Å². The van der Waals surface area contributed by atoms with Gasteiger partial charge in [0.05, 0.1) is 0 Å². The molecule has 2 N–H and O–H groups in total. The molecule has 25 heavy (non-hydrogen) atoms. The smallest absolute Gasteiger partial charge is 0.276 e. The average molecular weight is 340 g/mol. The van der Waals surface area contributed by atoms with Gasteiger partial charge in [0.15, 0.2) is 23.1 Å². The van der Waals surface area contributed by atoms with E-state index in [1.54, 1.807) is 6.07 Å². The Bertz CT molecular complexity index is 913. The molecule has 0 saturated carbocycles. The van der Waals surface area contributed by atoms with E-state index in [-0.39, 0.29) is 11.4 Å². The summed E-state index contributed by atoms with van der Waals surface area (Å²) < 4.78 is 26.1. The Kier molecular flexibility index (Phi) is 4.65. The number of benzene rings is 2. The number of aryl methyl sites for hydroxylation is 1. The predicted molar refractivity (Wildman–Crippen MR) is 90.8 cm³/mol. The van der Waals surface area contributed by atoms with Crippen LogP contribution in [-0.2, 0) is 0 Å². The van der Waals surface area contributed by atoms with Crippen molar-refractivity contribution in [2.75, 3.05) is 10.6 Å². The van der Waals surface area contributed by atoms with E-state index < -0.39 is 17.5 Å². The molecule has 5 nitrogen and oxygen atoms in total. The first-order valence-electron chi connectivity index (χ1n) is 7.46. The number of nitrogens with zero attached hydrogens (tertiary/aromatic N) is 2. The molecule has 3 aromatic rings. The molecule has 0 saturated heterocycles. The van der Waals surface area contributed by atoms with E-state index in [1.165, 1.54) is 12.1 Å². The number of hydrogen-bond donors (Lipinski definition) is 2. The number of para-hydroxylation sites is 1. The second-order valence-corrected chi connectivity index (χ2v) is 5.33. The number of halogens is 2. The van der Waals surface area contributed by atoms with Crippen LogP contribution in [0.5, 0.6) is 0 Å². The fraction of sp³-hybridized carbons (Fsp3) is 0.0556. The third-order valence-corrected chi connectivity index (χ3v) is 3.48. The summed E-state index contributed by atoms with van der Waals surface area (Å²) in [5.41, 5.74) is 2.12. The molecule has 2 aromatic carbocycles. The first-order chi connectivity index (χ1) is 12.0. The van der Waals surface area contributed by atoms with Crippen LogP contribution in [0.3, 0.4) is 0 Å². The zero-order valence-electron chi connectivity index (χ0n) is 13.3. The summed E-state index contributed by atoms with van der Waals surface area (Å²) in [6.07, 6.45) is 0. The number of anilines is 3. The van der Waals surface area contributed by atoms with Gasteiger partial charge in [0.25, 0.3) is 5.91 Å². The van der Waals surface area contributed by atoms with Crippen molar-refractivity contribution in [3.63, 3.8) is 0 Å². The van der Waals surface area contributed by atoms with Crippen LogP contribution in [0, 0.1) is 18.6 Å². The number of hydrogen-bond acceptors (Lipinski definition) is 4. The van der Waals surface area contributed by atoms with Crippen LogP contribution in [0.15, 0.2) is 54.6 Å². The molecule has 0 aliphatic heterocycles. The number of carbonyl (C=O) groups is 1. The highest BCUT2D eigenvalue weighted by molar-refractivity contribution is 6.02. The molecule has 0 unspecified atom stereocenters. The summed E-state index contributed by atoms with van der Waals surface area (Å²) >= 11 is 0. The number of nitrogens with one attached hydrogen (secondary N) is 2. The monoisotopic (exact) mass is 340 g/mol. The van der Waals surface area contributed by atoms with Crippen molar-refractivity contribution in [1.29, 1.82) is 0 Å². The lowest BCUT2D eigenvalue weighted by atomic mass is 10.2. The number of aromatic nitrogens is 2. The van der Waals surface area contributed by atoms with E-state index in [1.807, 2.05) is 31.2 Å². The Labute approximate surface area is 142 Å². The Hall–Kier alpha value is -3.35. The molecule has 0 atom stereocenters. The number of rotatable bonds is 4. The van der Waals surface area contributed by atoms with Crippen molar-refractivity contribution in [2.45, 2.75) is 6.92 Å². The van der Waals surface area contributed by atoms with Gasteiger partial charge in [-0.1, -0.05) is 18.2 Å². The lowest BCUT2D eigenvalue weighted by Crippen LogP contribution is -2.14. The van der Waals surface area contributed by atoms with Crippen molar-refractivity contribution < 1.29 is 13.6 Å². The molecule has 7 heteroatoms. The molecule has 3 rings (SSSR count). The van der Waals surface area contributed by atoms with Gasteiger partial charge in [-0.2, -0.15) is 0 Å². The largest absolute Gasteiger partial charge is 0.339 e. The van der Waals surface area contributed by atoms with Crippen molar-refractivity contribution in [1.82, 2.24) is 10.2 Å². The van der Waals surface area contributed by atoms with Crippen molar-refractivity contribution >= 4 is 23.1 Å². The van der Waals surface area contributed by atoms with Crippen LogP contribution in [0.25, 0.3) is 0 Å². The quantitative estimate of drug-likeness (QED) is 0.752. The minimum Gasteiger partial charge on any atom is -0.339 e. The Morgan fingerprint density at radius 2 is 1.76 bits per heavy atom. The van der Waals surface area contributed by atoms with Gasteiger partial charge in [-0.25, -0.2) is 8.78 Å². The fourth-order valence-electron chi connectivity index (χ4n) is 2.14. The van der Waals surface area contributed by atoms with Gasteiger partial charge in [-0.3, -0.25) is 4.79 Å². The summed E-state index contributed by atoms with van der Waals surface area (Å²) in [4.78, 5) is 12.1. The molecule has 0 bridgehead atoms. The summed E-state index contributed by atoms with van der Waals surface area (Å²) in [6, 6.07) is 13.9. The van der Waals surface area contributed by atoms with Crippen molar-refractivity contribution in [3.05, 3.63) is 77.5 Å². The number of carbonyl (C=O) groups excluding carboxylic acids is 1. The third kappa shape index (κ3) is 3.95. The molecule has 1 heterocycles. The van der Waals surface area contributed by atoms with Gasteiger partial charge < -0.3 is 10.6 Å². The van der Waals surface area contributed by atoms with E-state index in [9.17, 15) is 13.6 Å². The van der Waals surface area contributed by atoms with Crippen LogP contribution in [0.4, 0.5) is 26.0 Å². The van der Waals surface area contributed by atoms with E-state index in [0.29, 0.717) is 5.82 Å². The van der Waals surface area contributed by atoms with Gasteiger partial charge in [0, 0.05) is 17.4 Å². The minimum atomic E-state index is -1.04. The lowest BCUT2D eigenvalue weighted by Gasteiger charge is -2.08. The maximum atomic E-state index is 13.2. The second-order valence-electron chi connectivity index (χ2n) is 5.33. The third-order valence-electron chi connectivity index (χ3n) is 3.48. The van der Waals surface area contributed by atoms with Gasteiger partial charge in [-0.15, -0.1) is 10.2 Å². The molecule has 126 valence electrons. The standard InChI is InChI=1S/C18H14F2N4O/c1-11-4-2-3-5-15(11)22-17-9-8-16(23-24-17)18(25)21-12-6-7-13(19)14(20)10-12/h2-10H,1H3,(H,21,25)(H,22,24). The average Bonchev–Trinajstić information content (AvgIpc) is 2.61. The van der Waals surface area contributed by atoms with E-state index >= 15 is 0 Å². The topological polar surface area (TPSA) is 66.9 Å². The highest BCUT2D eigenvalue weighted by Crippen LogP contribution is 2.18. The SMILES string of the molecule is Cc1ccccc1Nc1ccc(C(=O)Nc2ccc(F)c(F)c2)nn1. The predicted octanol–water partition coefficient (Wildman–Crippen LogP) is 4.06. The van der Waals surface area contributed by atoms with Gasteiger partial charge in [0.1, 0.15) is 0 Å². The number of amides is 1. The molecular weight excluding hydrogens is 326 g/mol. The molecule has 1 amide bonds. The molecule has 0 radical (unpaired) electrons. The van der Waals surface area contributed by atoms with Crippen LogP contribution < -0.4 is 10.6 Å². The van der Waals surface area contributed by atoms with E-state index in [4.69, 9.17) is 0 Å². The molecular formula is C18H14F2N4O. The van der Waals surface area contributed by atoms with Crippen LogP contribution in [-0.4, -0.2) is 16.1 Å². The fourth-order valence-corrected chi connectivity index (χ4v) is 2.14. The highest BCUT2D eigenvalue weighted by Gasteiger charge is 2.11. The first kappa shape index (κ1) is 16.5. The van der Waals surface area contributed by atoms with Gasteiger partial charge >= 0.3 is 0 Å². The zero-order valence-corrected chi connectivity index (χ0v) is 13.3. The van der Waals surface area contributed by atoms with Gasteiger partial charge in [-0.05, 0) is 42.8 Å². The summed E-state index contributed by atoms with van der Waals surface area (Å²) in [5, 5.41) is 13.3. The Morgan fingerprint density at radius 3 is 2.44 bits per heavy atom. The van der Waals surface area contributed by atoms with E-state index in [0.717, 1.165) is 23.4 Å². The summed E-state index contributed by atoms with van der Waals surface area (Å²) in [5.74, 6) is -2.11. The zero-order chi connectivity index (χ0) is 17.8. The van der Waals surface area contributed by atoms with Crippen LogP contribution in [0.1, 0.15) is 16.1 Å². The van der Waals surface area contributed by atoms with E-state index in [2.05, 4.69) is 20.8 Å². The van der Waals surface area contributed by atoms with Crippen molar-refractivity contribution in [2.24, 2.45) is 0 Å². The Balaban J connectivity index is 1.70. The second kappa shape index (κ2) is 7.04. The Morgan fingerprint density at radius 1 is 0.960 bits per heavy atom. The maximum absolute atomic E-state index is 13.2. The van der Waals surface area contributed by atoms with Gasteiger partial charge in [0.2, 0.25) is 0 Å². The minimum absolute atomic E-state index is 0.0556.